The summed E-state index contributed by atoms with van der Waals surface area (Å²) in [4.78, 5) is 11.0. The van der Waals surface area contributed by atoms with Crippen LogP contribution < -0.4 is 0 Å². The fraction of sp³-hybridized carbons (Fsp3) is 0.909. The number of halogens is 1. The summed E-state index contributed by atoms with van der Waals surface area (Å²) in [6.07, 6.45) is 4.11. The lowest BCUT2D eigenvalue weighted by Crippen LogP contribution is -2.47. The van der Waals surface area contributed by atoms with Crippen molar-refractivity contribution in [3.05, 3.63) is 0 Å². The lowest BCUT2D eigenvalue weighted by molar-refractivity contribution is -0.128. The summed E-state index contributed by atoms with van der Waals surface area (Å²) in [6, 6.07) is 0. The van der Waals surface area contributed by atoms with Crippen LogP contribution in [-0.2, 0) is 9.53 Å². The van der Waals surface area contributed by atoms with Crippen molar-refractivity contribution in [3.8, 4) is 0 Å². The molecule has 1 saturated carbocycles. The monoisotopic (exact) mass is 218 g/mol. The molecule has 1 aliphatic rings. The van der Waals surface area contributed by atoms with Gasteiger partial charge in [-0.2, -0.15) is 0 Å². The maximum Gasteiger partial charge on any atom is 0.156 e. The van der Waals surface area contributed by atoms with Crippen LogP contribution in [0.3, 0.4) is 0 Å². The first-order valence-electron chi connectivity index (χ1n) is 5.49. The number of carbonyl (C=O) groups excluding carboxylic acids is 1. The molecule has 0 aromatic carbocycles. The molecule has 0 N–H and O–H groups in total. The molecule has 1 rings (SSSR count). The van der Waals surface area contributed by atoms with E-state index in [1.54, 1.807) is 0 Å². The number of hydrogen-bond acceptors (Lipinski definition) is 2. The van der Waals surface area contributed by atoms with E-state index in [0.717, 1.165) is 25.7 Å². The van der Waals surface area contributed by atoms with Gasteiger partial charge in [0.05, 0.1) is 6.10 Å². The maximum absolute atomic E-state index is 11.8. The molecule has 3 heteroatoms. The highest BCUT2D eigenvalue weighted by Gasteiger charge is 2.44. The third-order valence-corrected chi connectivity index (χ3v) is 3.55. The van der Waals surface area contributed by atoms with Crippen LogP contribution in [0.5, 0.6) is 0 Å². The van der Waals surface area contributed by atoms with Gasteiger partial charge in [-0.1, -0.05) is 13.3 Å². The van der Waals surface area contributed by atoms with Crippen molar-refractivity contribution in [1.29, 1.82) is 0 Å². The van der Waals surface area contributed by atoms with Crippen molar-refractivity contribution in [3.63, 3.8) is 0 Å². The van der Waals surface area contributed by atoms with Crippen LogP contribution >= 0.6 is 11.6 Å². The molecule has 0 aromatic heterocycles. The van der Waals surface area contributed by atoms with Gasteiger partial charge in [0.15, 0.2) is 5.78 Å². The molecule has 2 atom stereocenters. The van der Waals surface area contributed by atoms with E-state index in [1.807, 2.05) is 13.8 Å². The minimum Gasteiger partial charge on any atom is -0.376 e. The highest BCUT2D eigenvalue weighted by Crippen LogP contribution is 2.36. The van der Waals surface area contributed by atoms with Gasteiger partial charge in [-0.15, -0.1) is 11.6 Å². The Kier molecular flexibility index (Phi) is 4.39. The van der Waals surface area contributed by atoms with Gasteiger partial charge in [0.1, 0.15) is 4.87 Å². The first-order chi connectivity index (χ1) is 6.65. The van der Waals surface area contributed by atoms with E-state index in [2.05, 4.69) is 0 Å². The minimum atomic E-state index is -0.733. The Morgan fingerprint density at radius 3 is 2.71 bits per heavy atom. The molecule has 82 valence electrons. The molecule has 0 amide bonds. The van der Waals surface area contributed by atoms with Crippen molar-refractivity contribution in [2.45, 2.75) is 56.9 Å². The van der Waals surface area contributed by atoms with Crippen molar-refractivity contribution >= 4 is 17.4 Å². The highest BCUT2D eigenvalue weighted by atomic mass is 35.5. The molecule has 0 heterocycles. The van der Waals surface area contributed by atoms with Gasteiger partial charge in [-0.3, -0.25) is 4.79 Å². The Labute approximate surface area is 91.0 Å². The van der Waals surface area contributed by atoms with E-state index in [4.69, 9.17) is 16.3 Å². The first kappa shape index (κ1) is 12.0. The van der Waals surface area contributed by atoms with Gasteiger partial charge in [-0.25, -0.2) is 0 Å². The Morgan fingerprint density at radius 2 is 2.21 bits per heavy atom. The number of alkyl halides is 1. The normalized spacial score (nSPS) is 30.4. The molecule has 1 aliphatic carbocycles. The van der Waals surface area contributed by atoms with E-state index in [9.17, 15) is 4.79 Å². The average Bonchev–Trinajstić information content (AvgIpc) is 2.19. The minimum absolute atomic E-state index is 0.109. The quantitative estimate of drug-likeness (QED) is 0.679. The first-order valence-corrected chi connectivity index (χ1v) is 5.86. The maximum atomic E-state index is 11.8. The van der Waals surface area contributed by atoms with Gasteiger partial charge in [-0.05, 0) is 26.2 Å². The Bertz CT molecular complexity index is 205. The predicted molar refractivity (Wildman–Crippen MR) is 57.8 cm³/mol. The third kappa shape index (κ3) is 2.29. The van der Waals surface area contributed by atoms with Gasteiger partial charge >= 0.3 is 0 Å². The Balaban J connectivity index is 2.72. The molecule has 0 aromatic rings. The summed E-state index contributed by atoms with van der Waals surface area (Å²) < 4.78 is 5.55. The van der Waals surface area contributed by atoms with E-state index in [-0.39, 0.29) is 11.9 Å². The molecule has 0 unspecified atom stereocenters. The van der Waals surface area contributed by atoms with Gasteiger partial charge in [0, 0.05) is 13.0 Å². The van der Waals surface area contributed by atoms with Crippen LogP contribution in [-0.4, -0.2) is 23.4 Å². The molecule has 14 heavy (non-hydrogen) atoms. The molecule has 0 radical (unpaired) electrons. The number of ether oxygens (including phenoxy) is 1. The summed E-state index contributed by atoms with van der Waals surface area (Å²) >= 11 is 6.40. The molecular formula is C11H19ClO2. The number of Topliss-reactive ketones (excluding diaryl/α,β-unsaturated/α-hetero) is 1. The number of rotatable bonds is 4. The summed E-state index contributed by atoms with van der Waals surface area (Å²) in [5, 5.41) is 0. The van der Waals surface area contributed by atoms with Crippen molar-refractivity contribution in [2.75, 3.05) is 6.61 Å². The van der Waals surface area contributed by atoms with Crippen LogP contribution in [0, 0.1) is 0 Å². The van der Waals surface area contributed by atoms with Crippen LogP contribution in [0.1, 0.15) is 46.0 Å². The van der Waals surface area contributed by atoms with Gasteiger partial charge < -0.3 is 4.74 Å². The fourth-order valence-corrected chi connectivity index (χ4v) is 2.58. The SMILES string of the molecule is CCO[C@@H](CC)[C@@]1(Cl)CCCCC1=O. The summed E-state index contributed by atoms with van der Waals surface area (Å²) in [5.41, 5.74) is 0. The lowest BCUT2D eigenvalue weighted by Gasteiger charge is -2.36. The molecule has 0 aliphatic heterocycles. The zero-order chi connectivity index (χ0) is 10.6. The van der Waals surface area contributed by atoms with E-state index in [0.29, 0.717) is 13.0 Å². The van der Waals surface area contributed by atoms with Crippen LogP contribution in [0.25, 0.3) is 0 Å². The highest BCUT2D eigenvalue weighted by molar-refractivity contribution is 6.36. The van der Waals surface area contributed by atoms with Gasteiger partial charge in [0.25, 0.3) is 0 Å². The molecule has 2 nitrogen and oxygen atoms in total. The second kappa shape index (κ2) is 5.13. The predicted octanol–water partition coefficient (Wildman–Crippen LogP) is 2.92. The van der Waals surface area contributed by atoms with Crippen molar-refractivity contribution in [2.24, 2.45) is 0 Å². The second-order valence-corrected chi connectivity index (χ2v) is 4.52. The van der Waals surface area contributed by atoms with Crippen LogP contribution in [0.15, 0.2) is 0 Å². The fourth-order valence-electron chi connectivity index (χ4n) is 2.13. The van der Waals surface area contributed by atoms with Crippen molar-refractivity contribution < 1.29 is 9.53 Å². The van der Waals surface area contributed by atoms with E-state index in [1.165, 1.54) is 0 Å². The summed E-state index contributed by atoms with van der Waals surface area (Å²) in [7, 11) is 0. The van der Waals surface area contributed by atoms with Crippen LogP contribution in [0.2, 0.25) is 0 Å². The van der Waals surface area contributed by atoms with Crippen LogP contribution in [0.4, 0.5) is 0 Å². The second-order valence-electron chi connectivity index (χ2n) is 3.84. The Hall–Kier alpha value is -0.0800. The molecular weight excluding hydrogens is 200 g/mol. The smallest absolute Gasteiger partial charge is 0.156 e. The standard InChI is InChI=1S/C11H19ClO2/c1-3-10(14-4-2)11(12)8-6-5-7-9(11)13/h10H,3-8H2,1-2H3/t10-,11+/m0/s1. The molecule has 1 fully saturated rings. The number of hydrogen-bond donors (Lipinski definition) is 0. The van der Waals surface area contributed by atoms with E-state index < -0.39 is 4.87 Å². The van der Waals surface area contributed by atoms with E-state index >= 15 is 0 Å². The summed E-state index contributed by atoms with van der Waals surface area (Å²) in [5.74, 6) is 0.172. The summed E-state index contributed by atoms with van der Waals surface area (Å²) in [6.45, 7) is 4.59. The Morgan fingerprint density at radius 1 is 1.50 bits per heavy atom. The topological polar surface area (TPSA) is 26.3 Å². The van der Waals surface area contributed by atoms with Gasteiger partial charge in [0.2, 0.25) is 0 Å². The lowest BCUT2D eigenvalue weighted by atomic mass is 9.82. The largest absolute Gasteiger partial charge is 0.376 e. The molecule has 0 saturated heterocycles. The molecule has 0 bridgehead atoms. The zero-order valence-corrected chi connectivity index (χ0v) is 9.77. The number of carbonyl (C=O) groups is 1. The zero-order valence-electron chi connectivity index (χ0n) is 9.01. The average molecular weight is 219 g/mol. The number of ketones is 1. The molecule has 0 spiro atoms. The third-order valence-electron chi connectivity index (χ3n) is 2.91. The van der Waals surface area contributed by atoms with Crippen molar-refractivity contribution in [1.82, 2.24) is 0 Å².